The zero-order valence-electron chi connectivity index (χ0n) is 18.0. The predicted molar refractivity (Wildman–Crippen MR) is 116 cm³/mol. The zero-order valence-corrected chi connectivity index (χ0v) is 18.0. The summed E-state index contributed by atoms with van der Waals surface area (Å²) in [7, 11) is 2.96. The number of hydrogen-bond donors (Lipinski definition) is 0. The zero-order chi connectivity index (χ0) is 21.8. The molecule has 31 heavy (non-hydrogen) atoms. The summed E-state index contributed by atoms with van der Waals surface area (Å²) < 4.78 is 16.0. The van der Waals surface area contributed by atoms with Gasteiger partial charge in [0.25, 0.3) is 0 Å². The lowest BCUT2D eigenvalue weighted by atomic mass is 9.86. The third-order valence-corrected chi connectivity index (χ3v) is 6.17. The topological polar surface area (TPSA) is 68.3 Å². The summed E-state index contributed by atoms with van der Waals surface area (Å²) in [4.78, 5) is 28.9. The van der Waals surface area contributed by atoms with Crippen LogP contribution in [0.3, 0.4) is 0 Å². The van der Waals surface area contributed by atoms with Crippen molar-refractivity contribution in [2.45, 2.75) is 25.5 Å². The van der Waals surface area contributed by atoms with E-state index in [9.17, 15) is 9.59 Å². The minimum Gasteiger partial charge on any atom is -0.497 e. The van der Waals surface area contributed by atoms with E-state index in [0.717, 1.165) is 49.5 Å². The number of carbonyl (C=O) groups is 2. The van der Waals surface area contributed by atoms with E-state index in [4.69, 9.17) is 14.2 Å². The Kier molecular flexibility index (Phi) is 6.42. The fraction of sp³-hybridized carbons (Fsp3) is 0.417. The Bertz CT molecular complexity index is 905. The van der Waals surface area contributed by atoms with E-state index < -0.39 is 0 Å². The molecule has 2 aromatic carbocycles. The smallest absolute Gasteiger partial charge is 0.414 e. The molecule has 164 valence electrons. The van der Waals surface area contributed by atoms with Crippen molar-refractivity contribution < 1.29 is 23.8 Å². The first-order valence-electron chi connectivity index (χ1n) is 10.6. The van der Waals surface area contributed by atoms with Crippen LogP contribution < -0.4 is 9.64 Å². The van der Waals surface area contributed by atoms with Gasteiger partial charge >= 0.3 is 12.1 Å². The van der Waals surface area contributed by atoms with E-state index in [2.05, 4.69) is 4.90 Å². The van der Waals surface area contributed by atoms with Crippen LogP contribution in [0.15, 0.2) is 48.5 Å². The lowest BCUT2D eigenvalue weighted by molar-refractivity contribution is -0.0311. The molecule has 0 saturated carbocycles. The first-order chi connectivity index (χ1) is 15.1. The van der Waals surface area contributed by atoms with Crippen LogP contribution >= 0.6 is 0 Å². The molecule has 3 fully saturated rings. The molecule has 7 heteroatoms. The highest BCUT2D eigenvalue weighted by molar-refractivity contribution is 5.90. The molecule has 3 aliphatic heterocycles. The van der Waals surface area contributed by atoms with Crippen molar-refractivity contribution >= 4 is 17.7 Å². The summed E-state index contributed by atoms with van der Waals surface area (Å²) in [6.07, 6.45) is 1.73. The third kappa shape index (κ3) is 4.82. The molecule has 0 aromatic heterocycles. The van der Waals surface area contributed by atoms with Gasteiger partial charge in [-0.1, -0.05) is 12.1 Å². The van der Waals surface area contributed by atoms with Gasteiger partial charge in [-0.3, -0.25) is 9.80 Å². The number of benzene rings is 2. The number of fused-ring (bicyclic) bond motifs is 3. The van der Waals surface area contributed by atoms with Crippen LogP contribution in [-0.2, 0) is 16.0 Å². The van der Waals surface area contributed by atoms with E-state index in [1.54, 1.807) is 24.1 Å². The average Bonchev–Trinajstić information content (AvgIpc) is 2.83. The number of methoxy groups -OCH3 is 2. The highest BCUT2D eigenvalue weighted by Gasteiger charge is 2.37. The van der Waals surface area contributed by atoms with Gasteiger partial charge in [0.05, 0.1) is 26.3 Å². The van der Waals surface area contributed by atoms with Crippen molar-refractivity contribution in [2.24, 2.45) is 5.92 Å². The van der Waals surface area contributed by atoms with Gasteiger partial charge in [-0.05, 0) is 73.8 Å². The molecule has 3 heterocycles. The van der Waals surface area contributed by atoms with Gasteiger partial charge in [-0.25, -0.2) is 9.59 Å². The highest BCUT2D eigenvalue weighted by Crippen LogP contribution is 2.31. The second kappa shape index (κ2) is 9.39. The fourth-order valence-electron chi connectivity index (χ4n) is 4.31. The van der Waals surface area contributed by atoms with E-state index in [-0.39, 0.29) is 18.2 Å². The maximum atomic E-state index is 13.2. The Hall–Kier alpha value is -3.06. The first-order valence-corrected chi connectivity index (χ1v) is 10.6. The van der Waals surface area contributed by atoms with Crippen LogP contribution in [-0.4, -0.2) is 56.9 Å². The second-order valence-corrected chi connectivity index (χ2v) is 8.03. The van der Waals surface area contributed by atoms with Crippen molar-refractivity contribution in [3.05, 3.63) is 59.7 Å². The number of ether oxygens (including phenoxy) is 3. The number of esters is 1. The number of amides is 1. The van der Waals surface area contributed by atoms with Gasteiger partial charge in [-0.2, -0.15) is 0 Å². The quantitative estimate of drug-likeness (QED) is 0.659. The van der Waals surface area contributed by atoms with E-state index >= 15 is 0 Å². The van der Waals surface area contributed by atoms with Crippen LogP contribution in [0.5, 0.6) is 5.75 Å². The molecule has 5 rings (SSSR count). The number of carbonyl (C=O) groups excluding carboxylic acids is 2. The minimum atomic E-state index is -0.389. The van der Waals surface area contributed by atoms with Crippen molar-refractivity contribution in [2.75, 3.05) is 38.8 Å². The Balaban J connectivity index is 1.53. The van der Waals surface area contributed by atoms with Gasteiger partial charge in [0.2, 0.25) is 0 Å². The van der Waals surface area contributed by atoms with E-state index in [1.807, 2.05) is 36.4 Å². The van der Waals surface area contributed by atoms with E-state index in [1.165, 1.54) is 7.11 Å². The van der Waals surface area contributed by atoms with Crippen molar-refractivity contribution in [1.29, 1.82) is 0 Å². The fourth-order valence-corrected chi connectivity index (χ4v) is 4.31. The molecular formula is C24H28N2O5. The summed E-state index contributed by atoms with van der Waals surface area (Å²) in [5, 5.41) is 0. The monoisotopic (exact) mass is 424 g/mol. The number of hydrogen-bond acceptors (Lipinski definition) is 6. The van der Waals surface area contributed by atoms with Crippen LogP contribution in [0.2, 0.25) is 0 Å². The second-order valence-electron chi connectivity index (χ2n) is 8.03. The van der Waals surface area contributed by atoms with Gasteiger partial charge in [0, 0.05) is 12.2 Å². The lowest BCUT2D eigenvalue weighted by Crippen LogP contribution is -2.53. The summed E-state index contributed by atoms with van der Waals surface area (Å²) >= 11 is 0. The Morgan fingerprint density at radius 3 is 2.23 bits per heavy atom. The average molecular weight is 424 g/mol. The summed E-state index contributed by atoms with van der Waals surface area (Å²) in [5.74, 6) is 0.767. The van der Waals surface area contributed by atoms with Gasteiger partial charge < -0.3 is 14.2 Å². The van der Waals surface area contributed by atoms with Gasteiger partial charge in [0.15, 0.2) is 0 Å². The molecule has 1 amide bonds. The molecule has 0 radical (unpaired) electrons. The highest BCUT2D eigenvalue weighted by atomic mass is 16.6. The van der Waals surface area contributed by atoms with Crippen molar-refractivity contribution in [3.63, 3.8) is 0 Å². The Labute approximate surface area is 182 Å². The van der Waals surface area contributed by atoms with Crippen LogP contribution in [0.25, 0.3) is 0 Å². The molecule has 3 aliphatic rings. The molecule has 3 saturated heterocycles. The number of nitrogens with zero attached hydrogens (tertiary/aromatic N) is 2. The van der Waals surface area contributed by atoms with Gasteiger partial charge in [0.1, 0.15) is 11.9 Å². The molecule has 0 aliphatic carbocycles. The molecule has 7 nitrogen and oxygen atoms in total. The first kappa shape index (κ1) is 21.2. The molecule has 2 aromatic rings. The van der Waals surface area contributed by atoms with Crippen LogP contribution in [0.1, 0.15) is 28.8 Å². The Morgan fingerprint density at radius 2 is 1.68 bits per heavy atom. The predicted octanol–water partition coefficient (Wildman–Crippen LogP) is 3.72. The third-order valence-electron chi connectivity index (χ3n) is 6.17. The minimum absolute atomic E-state index is 0.0718. The molecule has 0 spiro atoms. The molecule has 1 atom stereocenters. The SMILES string of the molecule is COC(=O)c1ccc(CN(C(=O)OC2CN3CCC2CC3)c2ccc(OC)cc2)cc1. The summed E-state index contributed by atoms with van der Waals surface area (Å²) in [5.41, 5.74) is 2.08. The number of piperidine rings is 3. The van der Waals surface area contributed by atoms with Crippen LogP contribution in [0, 0.1) is 5.92 Å². The summed E-state index contributed by atoms with van der Waals surface area (Å²) in [6, 6.07) is 14.4. The molecule has 2 bridgehead atoms. The molecular weight excluding hydrogens is 396 g/mol. The standard InChI is InChI=1S/C24H28N2O5/c1-29-21-9-7-20(8-10-21)26(15-17-3-5-19(6-4-17)23(27)30-2)24(28)31-22-16-25-13-11-18(22)12-14-25/h3-10,18,22H,11-16H2,1-2H3. The lowest BCUT2D eigenvalue weighted by Gasteiger charge is -2.44. The maximum absolute atomic E-state index is 13.2. The number of anilines is 1. The summed E-state index contributed by atoms with van der Waals surface area (Å²) in [6.45, 7) is 3.31. The van der Waals surface area contributed by atoms with E-state index in [0.29, 0.717) is 18.0 Å². The van der Waals surface area contributed by atoms with Crippen molar-refractivity contribution in [1.82, 2.24) is 4.90 Å². The number of rotatable bonds is 6. The molecule has 0 N–H and O–H groups in total. The normalized spacial score (nSPS) is 21.9. The van der Waals surface area contributed by atoms with Gasteiger partial charge in [-0.15, -0.1) is 0 Å². The molecule has 1 unspecified atom stereocenters. The van der Waals surface area contributed by atoms with Crippen LogP contribution in [0.4, 0.5) is 10.5 Å². The Morgan fingerprint density at radius 1 is 1.00 bits per heavy atom. The maximum Gasteiger partial charge on any atom is 0.414 e. The van der Waals surface area contributed by atoms with Crippen molar-refractivity contribution in [3.8, 4) is 5.75 Å². The largest absolute Gasteiger partial charge is 0.497 e.